The minimum absolute atomic E-state index is 0.00969. The lowest BCUT2D eigenvalue weighted by molar-refractivity contribution is 0.0114. The Morgan fingerprint density at radius 3 is 2.83 bits per heavy atom. The van der Waals surface area contributed by atoms with Crippen LogP contribution in [0.1, 0.15) is 40.0 Å². The number of ether oxygens (including phenoxy) is 1. The molecule has 1 fully saturated rings. The number of benzene rings is 1. The van der Waals surface area contributed by atoms with E-state index in [2.05, 4.69) is 5.32 Å². The number of halogens is 1. The van der Waals surface area contributed by atoms with E-state index < -0.39 is 11.4 Å². The van der Waals surface area contributed by atoms with Gasteiger partial charge >= 0.3 is 6.09 Å². The monoisotopic (exact) mass is 324 g/mol. The molecule has 6 heteroatoms. The number of nitrogens with zero attached hydrogens (tertiary/aromatic N) is 1. The van der Waals surface area contributed by atoms with Crippen LogP contribution in [-0.4, -0.2) is 40.8 Å². The van der Waals surface area contributed by atoms with Gasteiger partial charge < -0.3 is 20.1 Å². The van der Waals surface area contributed by atoms with Gasteiger partial charge in [0.05, 0.1) is 6.04 Å². The minimum Gasteiger partial charge on any atom is -0.505 e. The molecule has 128 valence electrons. The van der Waals surface area contributed by atoms with E-state index in [4.69, 9.17) is 4.74 Å². The molecule has 1 aliphatic heterocycles. The van der Waals surface area contributed by atoms with Gasteiger partial charge in [0.1, 0.15) is 5.60 Å². The largest absolute Gasteiger partial charge is 0.505 e. The Balaban J connectivity index is 1.98. The van der Waals surface area contributed by atoms with Gasteiger partial charge in [0, 0.05) is 24.8 Å². The number of rotatable bonds is 3. The number of anilines is 1. The average molecular weight is 324 g/mol. The van der Waals surface area contributed by atoms with Gasteiger partial charge in [-0.05, 0) is 52.2 Å². The van der Waals surface area contributed by atoms with Crippen molar-refractivity contribution in [2.75, 3.05) is 18.4 Å². The van der Waals surface area contributed by atoms with Crippen LogP contribution in [0.4, 0.5) is 14.9 Å². The van der Waals surface area contributed by atoms with E-state index in [1.54, 1.807) is 11.0 Å². The highest BCUT2D eigenvalue weighted by molar-refractivity contribution is 5.68. The second-order valence-corrected chi connectivity index (χ2v) is 6.87. The summed E-state index contributed by atoms with van der Waals surface area (Å²) in [6.07, 6.45) is 2.59. The van der Waals surface area contributed by atoms with E-state index in [0.29, 0.717) is 18.8 Å². The molecule has 0 aromatic heterocycles. The lowest BCUT2D eigenvalue weighted by Crippen LogP contribution is -2.48. The summed E-state index contributed by atoms with van der Waals surface area (Å²) in [7, 11) is 0. The highest BCUT2D eigenvalue weighted by Gasteiger charge is 2.30. The normalized spacial score (nSPS) is 18.6. The quantitative estimate of drug-likeness (QED) is 0.832. The van der Waals surface area contributed by atoms with Gasteiger partial charge in [-0.2, -0.15) is 0 Å². The predicted molar refractivity (Wildman–Crippen MR) is 87.1 cm³/mol. The molecule has 1 saturated heterocycles. The number of hydrogen-bond acceptors (Lipinski definition) is 4. The zero-order valence-electron chi connectivity index (χ0n) is 13.9. The summed E-state index contributed by atoms with van der Waals surface area (Å²) >= 11 is 0. The number of likely N-dealkylation sites (tertiary alicyclic amines) is 1. The van der Waals surface area contributed by atoms with Crippen LogP contribution in [0.25, 0.3) is 0 Å². The van der Waals surface area contributed by atoms with Crippen LogP contribution in [0, 0.1) is 5.82 Å². The van der Waals surface area contributed by atoms with Crippen molar-refractivity contribution >= 4 is 11.8 Å². The summed E-state index contributed by atoms with van der Waals surface area (Å²) in [6.45, 7) is 6.73. The number of nitrogens with one attached hydrogen (secondary N) is 1. The van der Waals surface area contributed by atoms with Crippen molar-refractivity contribution in [3.63, 3.8) is 0 Å². The van der Waals surface area contributed by atoms with Crippen LogP contribution >= 0.6 is 0 Å². The summed E-state index contributed by atoms with van der Waals surface area (Å²) in [5, 5.41) is 12.3. The number of hydrogen-bond donors (Lipinski definition) is 2. The van der Waals surface area contributed by atoms with Gasteiger partial charge in [0.15, 0.2) is 11.6 Å². The van der Waals surface area contributed by atoms with Crippen LogP contribution in [0.15, 0.2) is 18.2 Å². The first kappa shape index (κ1) is 17.4. The van der Waals surface area contributed by atoms with E-state index in [1.165, 1.54) is 12.1 Å². The first-order valence-corrected chi connectivity index (χ1v) is 7.98. The molecule has 1 atom stereocenters. The SMILES string of the molecule is CC(C)(C)OC(=O)N1CCCCC1CNc1ccc(O)c(F)c1. The fourth-order valence-electron chi connectivity index (χ4n) is 2.63. The molecule has 2 N–H and O–H groups in total. The number of phenols is 1. The summed E-state index contributed by atoms with van der Waals surface area (Å²) in [4.78, 5) is 14.1. The minimum atomic E-state index is -0.664. The van der Waals surface area contributed by atoms with Crippen molar-refractivity contribution < 1.29 is 19.0 Å². The molecule has 0 aliphatic carbocycles. The predicted octanol–water partition coefficient (Wildman–Crippen LogP) is 3.73. The molecule has 0 radical (unpaired) electrons. The van der Waals surface area contributed by atoms with E-state index in [-0.39, 0.29) is 17.9 Å². The first-order chi connectivity index (χ1) is 10.8. The van der Waals surface area contributed by atoms with E-state index >= 15 is 0 Å². The van der Waals surface area contributed by atoms with Gasteiger partial charge in [-0.1, -0.05) is 0 Å². The maximum atomic E-state index is 13.4. The zero-order valence-corrected chi connectivity index (χ0v) is 13.9. The van der Waals surface area contributed by atoms with Gasteiger partial charge in [-0.15, -0.1) is 0 Å². The van der Waals surface area contributed by atoms with Gasteiger partial charge in [-0.25, -0.2) is 9.18 Å². The molecular weight excluding hydrogens is 299 g/mol. The van der Waals surface area contributed by atoms with E-state index in [9.17, 15) is 14.3 Å². The molecule has 5 nitrogen and oxygen atoms in total. The molecule has 1 unspecified atom stereocenters. The second kappa shape index (κ2) is 7.06. The smallest absolute Gasteiger partial charge is 0.410 e. The van der Waals surface area contributed by atoms with Crippen molar-refractivity contribution in [1.82, 2.24) is 4.90 Å². The Hall–Kier alpha value is -1.98. The molecule has 1 aromatic rings. The van der Waals surface area contributed by atoms with Crippen molar-refractivity contribution in [1.29, 1.82) is 0 Å². The molecule has 1 amide bonds. The van der Waals surface area contributed by atoms with Gasteiger partial charge in [0.25, 0.3) is 0 Å². The standard InChI is InChI=1S/C17H25FN2O3/c1-17(2,3)23-16(22)20-9-5-4-6-13(20)11-19-12-7-8-15(21)14(18)10-12/h7-8,10,13,19,21H,4-6,9,11H2,1-3H3. The van der Waals surface area contributed by atoms with Crippen molar-refractivity contribution in [3.8, 4) is 5.75 Å². The zero-order chi connectivity index (χ0) is 17.0. The Morgan fingerprint density at radius 1 is 1.43 bits per heavy atom. The van der Waals surface area contributed by atoms with Crippen molar-refractivity contribution in [3.05, 3.63) is 24.0 Å². The molecule has 2 rings (SSSR count). The molecule has 0 saturated carbocycles. The van der Waals surface area contributed by atoms with Crippen molar-refractivity contribution in [2.45, 2.75) is 51.7 Å². The molecule has 0 bridgehead atoms. The number of carbonyl (C=O) groups is 1. The third kappa shape index (κ3) is 5.01. The van der Waals surface area contributed by atoms with Crippen LogP contribution in [0.5, 0.6) is 5.75 Å². The molecule has 0 spiro atoms. The lowest BCUT2D eigenvalue weighted by atomic mass is 10.0. The number of amides is 1. The summed E-state index contributed by atoms with van der Waals surface area (Å²) in [6, 6.07) is 4.18. The fraction of sp³-hybridized carbons (Fsp3) is 0.588. The molecular formula is C17H25FN2O3. The Labute approximate surface area is 136 Å². The fourth-order valence-corrected chi connectivity index (χ4v) is 2.63. The van der Waals surface area contributed by atoms with Crippen LogP contribution in [0.2, 0.25) is 0 Å². The van der Waals surface area contributed by atoms with Crippen LogP contribution in [-0.2, 0) is 4.74 Å². The number of phenolic OH excluding ortho intramolecular Hbond substituents is 1. The third-order valence-corrected chi connectivity index (χ3v) is 3.74. The highest BCUT2D eigenvalue weighted by atomic mass is 19.1. The summed E-state index contributed by atoms with van der Waals surface area (Å²) in [5.74, 6) is -1.04. The van der Waals surface area contributed by atoms with Crippen LogP contribution in [0.3, 0.4) is 0 Å². The Bertz CT molecular complexity index is 557. The number of aromatic hydroxyl groups is 1. The molecule has 1 aliphatic rings. The summed E-state index contributed by atoms with van der Waals surface area (Å²) < 4.78 is 18.8. The number of carbonyl (C=O) groups excluding carboxylic acids is 1. The number of piperidine rings is 1. The van der Waals surface area contributed by atoms with E-state index in [0.717, 1.165) is 19.3 Å². The van der Waals surface area contributed by atoms with Gasteiger partial charge in [0.2, 0.25) is 0 Å². The van der Waals surface area contributed by atoms with E-state index in [1.807, 2.05) is 20.8 Å². The van der Waals surface area contributed by atoms with Crippen LogP contribution < -0.4 is 5.32 Å². The average Bonchev–Trinajstić information content (AvgIpc) is 2.47. The third-order valence-electron chi connectivity index (χ3n) is 3.74. The van der Waals surface area contributed by atoms with Gasteiger partial charge in [-0.3, -0.25) is 0 Å². The maximum absolute atomic E-state index is 13.4. The first-order valence-electron chi connectivity index (χ1n) is 7.98. The molecule has 1 heterocycles. The maximum Gasteiger partial charge on any atom is 0.410 e. The summed E-state index contributed by atoms with van der Waals surface area (Å²) in [5.41, 5.74) is 0.0575. The Kier molecular flexibility index (Phi) is 5.34. The second-order valence-electron chi connectivity index (χ2n) is 6.87. The Morgan fingerprint density at radius 2 is 2.17 bits per heavy atom. The lowest BCUT2D eigenvalue weighted by Gasteiger charge is -2.37. The highest BCUT2D eigenvalue weighted by Crippen LogP contribution is 2.23. The topological polar surface area (TPSA) is 61.8 Å². The van der Waals surface area contributed by atoms with Crippen molar-refractivity contribution in [2.24, 2.45) is 0 Å². The molecule has 23 heavy (non-hydrogen) atoms. The molecule has 1 aromatic carbocycles.